The first-order valence-electron chi connectivity index (χ1n) is 9.78. The molecule has 1 saturated heterocycles. The highest BCUT2D eigenvalue weighted by molar-refractivity contribution is 5.82. The summed E-state index contributed by atoms with van der Waals surface area (Å²) in [5.74, 6) is 2.31. The lowest BCUT2D eigenvalue weighted by Gasteiger charge is -2.29. The van der Waals surface area contributed by atoms with Crippen LogP contribution < -0.4 is 5.32 Å². The summed E-state index contributed by atoms with van der Waals surface area (Å²) in [5, 5.41) is 12.2. The van der Waals surface area contributed by atoms with E-state index in [2.05, 4.69) is 44.3 Å². The van der Waals surface area contributed by atoms with Crippen LogP contribution in [0.25, 0.3) is 0 Å². The first-order valence-corrected chi connectivity index (χ1v) is 9.78. The van der Waals surface area contributed by atoms with Crippen molar-refractivity contribution in [2.75, 3.05) is 19.6 Å². The number of aromatic nitrogens is 3. The minimum Gasteiger partial charge on any atom is -0.339 e. The van der Waals surface area contributed by atoms with Crippen LogP contribution in [0.15, 0.2) is 30.3 Å². The third-order valence-electron chi connectivity index (χ3n) is 5.50. The molecule has 6 nitrogen and oxygen atoms in total. The highest BCUT2D eigenvalue weighted by atomic mass is 16.2. The van der Waals surface area contributed by atoms with Crippen LogP contribution in [0.5, 0.6) is 0 Å². The number of aryl methyl sites for hydroxylation is 2. The number of nitrogens with zero attached hydrogens (tertiary/aromatic N) is 4. The summed E-state index contributed by atoms with van der Waals surface area (Å²) in [5.41, 5.74) is 1.32. The molecule has 4 rings (SSSR count). The summed E-state index contributed by atoms with van der Waals surface area (Å²) in [4.78, 5) is 14.8. The molecule has 0 saturated carbocycles. The number of nitrogens with one attached hydrogen (secondary N) is 1. The molecule has 0 aliphatic carbocycles. The van der Waals surface area contributed by atoms with Gasteiger partial charge in [-0.3, -0.25) is 4.79 Å². The van der Waals surface area contributed by atoms with Gasteiger partial charge >= 0.3 is 0 Å². The third kappa shape index (κ3) is 3.80. The highest BCUT2D eigenvalue weighted by Gasteiger charge is 2.28. The Morgan fingerprint density at radius 1 is 1.08 bits per heavy atom. The fourth-order valence-corrected chi connectivity index (χ4v) is 3.97. The van der Waals surface area contributed by atoms with Gasteiger partial charge in [-0.05, 0) is 31.4 Å². The molecule has 0 bridgehead atoms. The maximum Gasteiger partial charge on any atom is 0.239 e. The molecule has 0 unspecified atom stereocenters. The molecular weight excluding hydrogens is 326 g/mol. The van der Waals surface area contributed by atoms with Crippen molar-refractivity contribution >= 4 is 5.91 Å². The van der Waals surface area contributed by atoms with E-state index in [0.29, 0.717) is 0 Å². The zero-order valence-electron chi connectivity index (χ0n) is 15.2. The summed E-state index contributed by atoms with van der Waals surface area (Å²) in [6.45, 7) is 3.25. The number of fused-ring (bicyclic) bond motifs is 1. The number of piperidine rings is 1. The minimum atomic E-state index is 0.00449. The molecule has 26 heavy (non-hydrogen) atoms. The average Bonchev–Trinajstić information content (AvgIpc) is 2.96. The van der Waals surface area contributed by atoms with Gasteiger partial charge < -0.3 is 14.8 Å². The number of hydrogen-bond acceptors (Lipinski definition) is 4. The van der Waals surface area contributed by atoms with Crippen LogP contribution in [-0.4, -0.2) is 51.2 Å². The van der Waals surface area contributed by atoms with Gasteiger partial charge in [-0.2, -0.15) is 0 Å². The Labute approximate surface area is 154 Å². The van der Waals surface area contributed by atoms with Crippen LogP contribution >= 0.6 is 0 Å². The number of carbonyl (C=O) groups is 1. The van der Waals surface area contributed by atoms with Crippen molar-refractivity contribution in [3.63, 3.8) is 0 Å². The van der Waals surface area contributed by atoms with Crippen LogP contribution in [0, 0.1) is 0 Å². The zero-order valence-corrected chi connectivity index (χ0v) is 15.2. The van der Waals surface area contributed by atoms with Gasteiger partial charge in [0.15, 0.2) is 0 Å². The first kappa shape index (κ1) is 17.2. The van der Waals surface area contributed by atoms with Crippen LogP contribution in [0.2, 0.25) is 0 Å². The topological polar surface area (TPSA) is 63.1 Å². The quantitative estimate of drug-likeness (QED) is 0.907. The van der Waals surface area contributed by atoms with Gasteiger partial charge in [0.2, 0.25) is 5.91 Å². The van der Waals surface area contributed by atoms with Crippen LogP contribution in [0.3, 0.4) is 0 Å². The molecule has 2 aliphatic heterocycles. The van der Waals surface area contributed by atoms with Gasteiger partial charge in [0, 0.05) is 32.5 Å². The van der Waals surface area contributed by atoms with E-state index in [0.717, 1.165) is 69.9 Å². The number of carbonyl (C=O) groups excluding carboxylic acids is 1. The standard InChI is InChI=1S/C20H27N5O/c26-20(17-8-4-5-12-21-17)24-13-11-19-23-22-18(25(19)15-14-24)10-9-16-6-2-1-3-7-16/h1-3,6-7,17,21H,4-5,8-15H2/t17-/m0/s1. The molecule has 0 spiro atoms. The van der Waals surface area contributed by atoms with Crippen molar-refractivity contribution in [3.8, 4) is 0 Å². The van der Waals surface area contributed by atoms with E-state index in [1.807, 2.05) is 11.0 Å². The van der Waals surface area contributed by atoms with Crippen LogP contribution in [-0.2, 0) is 30.6 Å². The van der Waals surface area contributed by atoms with E-state index in [-0.39, 0.29) is 11.9 Å². The molecule has 2 aromatic rings. The van der Waals surface area contributed by atoms with Crippen molar-refractivity contribution < 1.29 is 4.79 Å². The molecule has 1 aromatic carbocycles. The summed E-state index contributed by atoms with van der Waals surface area (Å²) < 4.78 is 2.23. The van der Waals surface area contributed by atoms with Gasteiger partial charge in [-0.15, -0.1) is 10.2 Å². The normalized spacial score (nSPS) is 20.5. The molecular formula is C20H27N5O. The van der Waals surface area contributed by atoms with E-state index < -0.39 is 0 Å². The highest BCUT2D eigenvalue weighted by Crippen LogP contribution is 2.15. The maximum absolute atomic E-state index is 12.8. The number of benzene rings is 1. The summed E-state index contributed by atoms with van der Waals surface area (Å²) in [6.07, 6.45) is 5.92. The van der Waals surface area contributed by atoms with Gasteiger partial charge in [0.05, 0.1) is 6.04 Å². The maximum atomic E-state index is 12.8. The van der Waals surface area contributed by atoms with Crippen molar-refractivity contribution in [2.45, 2.75) is 51.1 Å². The molecule has 1 atom stereocenters. The van der Waals surface area contributed by atoms with E-state index in [4.69, 9.17) is 0 Å². The Balaban J connectivity index is 1.39. The number of hydrogen-bond donors (Lipinski definition) is 1. The molecule has 1 aromatic heterocycles. The number of amides is 1. The summed E-state index contributed by atoms with van der Waals surface area (Å²) >= 11 is 0. The van der Waals surface area contributed by atoms with Gasteiger partial charge in [-0.1, -0.05) is 36.8 Å². The Morgan fingerprint density at radius 3 is 2.77 bits per heavy atom. The lowest BCUT2D eigenvalue weighted by molar-refractivity contribution is -0.134. The Hall–Kier alpha value is -2.21. The fourth-order valence-electron chi connectivity index (χ4n) is 3.97. The zero-order chi connectivity index (χ0) is 17.8. The largest absolute Gasteiger partial charge is 0.339 e. The predicted octanol–water partition coefficient (Wildman–Crippen LogP) is 1.59. The molecule has 138 valence electrons. The van der Waals surface area contributed by atoms with Crippen molar-refractivity contribution in [1.29, 1.82) is 0 Å². The second kappa shape index (κ2) is 7.99. The monoisotopic (exact) mass is 353 g/mol. The molecule has 1 fully saturated rings. The van der Waals surface area contributed by atoms with Crippen LogP contribution in [0.4, 0.5) is 0 Å². The van der Waals surface area contributed by atoms with Gasteiger partial charge in [-0.25, -0.2) is 0 Å². The molecule has 0 radical (unpaired) electrons. The van der Waals surface area contributed by atoms with Gasteiger partial charge in [0.1, 0.15) is 11.6 Å². The third-order valence-corrected chi connectivity index (χ3v) is 5.50. The van der Waals surface area contributed by atoms with Crippen molar-refractivity contribution in [1.82, 2.24) is 25.0 Å². The molecule has 6 heteroatoms. The van der Waals surface area contributed by atoms with E-state index in [9.17, 15) is 4.79 Å². The van der Waals surface area contributed by atoms with Crippen LogP contribution in [0.1, 0.15) is 36.5 Å². The van der Waals surface area contributed by atoms with Crippen molar-refractivity contribution in [3.05, 3.63) is 47.5 Å². The SMILES string of the molecule is O=C([C@@H]1CCCCN1)N1CCc2nnc(CCc3ccccc3)n2CC1. The molecule has 1 amide bonds. The predicted molar refractivity (Wildman–Crippen MR) is 99.8 cm³/mol. The lowest BCUT2D eigenvalue weighted by Crippen LogP contribution is -2.49. The van der Waals surface area contributed by atoms with Gasteiger partial charge in [0.25, 0.3) is 0 Å². The second-order valence-corrected chi connectivity index (χ2v) is 7.25. The molecule has 2 aliphatic rings. The van der Waals surface area contributed by atoms with E-state index in [1.165, 1.54) is 12.0 Å². The Morgan fingerprint density at radius 2 is 1.96 bits per heavy atom. The summed E-state index contributed by atoms with van der Waals surface area (Å²) in [6, 6.07) is 10.5. The Kier molecular flexibility index (Phi) is 5.29. The lowest BCUT2D eigenvalue weighted by atomic mass is 10.0. The second-order valence-electron chi connectivity index (χ2n) is 7.25. The minimum absolute atomic E-state index is 0.00449. The average molecular weight is 353 g/mol. The fraction of sp³-hybridized carbons (Fsp3) is 0.550. The van der Waals surface area contributed by atoms with Crippen molar-refractivity contribution in [2.24, 2.45) is 0 Å². The smallest absolute Gasteiger partial charge is 0.239 e. The van der Waals surface area contributed by atoms with E-state index in [1.54, 1.807) is 0 Å². The Bertz CT molecular complexity index is 736. The molecule has 3 heterocycles. The first-order chi connectivity index (χ1) is 12.8. The van der Waals surface area contributed by atoms with E-state index >= 15 is 0 Å². The molecule has 1 N–H and O–H groups in total. The summed E-state index contributed by atoms with van der Waals surface area (Å²) in [7, 11) is 0. The number of rotatable bonds is 4.